The van der Waals surface area contributed by atoms with Crippen LogP contribution in [0.25, 0.3) is 6.08 Å². The van der Waals surface area contributed by atoms with Crippen LogP contribution in [-0.2, 0) is 46.2 Å². The Kier molecular flexibility index (Phi) is 10.8. The number of methoxy groups -OCH3 is 1. The van der Waals surface area contributed by atoms with Gasteiger partial charge in [0.05, 0.1) is 7.11 Å². The minimum atomic E-state index is -1.83. The van der Waals surface area contributed by atoms with Crippen molar-refractivity contribution in [3.05, 3.63) is 101 Å². The number of hydrogen-bond donors (Lipinski definition) is 8. The molecule has 0 amide bonds. The van der Waals surface area contributed by atoms with Crippen molar-refractivity contribution in [2.75, 3.05) is 7.11 Å². The second-order valence-electron chi connectivity index (χ2n) is 11.8. The molecule has 1 heterocycles. The van der Waals surface area contributed by atoms with Crippen LogP contribution < -0.4 is 4.74 Å². The average Bonchev–Trinajstić information content (AvgIpc) is 3.53. The second kappa shape index (κ2) is 15.4. The van der Waals surface area contributed by atoms with E-state index in [9.17, 15) is 60.0 Å². The number of rotatable bonds is 12. The molecule has 4 aromatic rings. The van der Waals surface area contributed by atoms with Crippen LogP contribution in [0.1, 0.15) is 39.8 Å². The number of carboxylic acids is 1. The molecule has 4 unspecified atom stereocenters. The van der Waals surface area contributed by atoms with Crippen molar-refractivity contribution < 1.29 is 79.0 Å². The molecule has 16 nitrogen and oxygen atoms in total. The summed E-state index contributed by atoms with van der Waals surface area (Å²) < 4.78 is 21.5. The molecule has 0 radical (unpaired) electrons. The molecule has 0 fully saturated rings. The van der Waals surface area contributed by atoms with Gasteiger partial charge in [0.1, 0.15) is 12.0 Å². The van der Waals surface area contributed by atoms with Crippen LogP contribution in [0, 0.1) is 0 Å². The van der Waals surface area contributed by atoms with Gasteiger partial charge in [-0.2, -0.15) is 0 Å². The maximum absolute atomic E-state index is 14.0. The summed E-state index contributed by atoms with van der Waals surface area (Å²) in [6.07, 6.45) is -3.31. The zero-order chi connectivity index (χ0) is 38.6. The molecule has 1 aliphatic heterocycles. The highest BCUT2D eigenvalue weighted by atomic mass is 16.6. The van der Waals surface area contributed by atoms with Crippen molar-refractivity contribution in [2.45, 2.75) is 37.1 Å². The monoisotopic (exact) mass is 732 g/mol. The number of carbonyl (C=O) groups excluding carboxylic acids is 3. The normalized spacial score (nSPS) is 15.9. The van der Waals surface area contributed by atoms with Gasteiger partial charge >= 0.3 is 23.9 Å². The predicted molar refractivity (Wildman–Crippen MR) is 179 cm³/mol. The molecule has 5 rings (SSSR count). The second-order valence-corrected chi connectivity index (χ2v) is 11.8. The predicted octanol–water partition coefficient (Wildman–Crippen LogP) is 3.42. The first kappa shape index (κ1) is 37.2. The number of carbonyl (C=O) groups is 4. The quantitative estimate of drug-likeness (QED) is 0.0449. The van der Waals surface area contributed by atoms with Gasteiger partial charge in [0.15, 0.2) is 46.0 Å². The van der Waals surface area contributed by atoms with E-state index in [-0.39, 0.29) is 34.4 Å². The zero-order valence-corrected chi connectivity index (χ0v) is 27.6. The fourth-order valence-corrected chi connectivity index (χ4v) is 5.61. The first-order valence-corrected chi connectivity index (χ1v) is 15.6. The third-order valence-corrected chi connectivity index (χ3v) is 8.23. The molecule has 53 heavy (non-hydrogen) atoms. The number of aliphatic carboxylic acids is 1. The number of phenols is 7. The van der Waals surface area contributed by atoms with Crippen molar-refractivity contribution >= 4 is 30.0 Å². The molecule has 0 aromatic heterocycles. The summed E-state index contributed by atoms with van der Waals surface area (Å²) in [6, 6.07) is 13.3. The Hall–Kier alpha value is -7.10. The van der Waals surface area contributed by atoms with Gasteiger partial charge in [-0.1, -0.05) is 24.3 Å². The Bertz CT molecular complexity index is 2100. The molecule has 0 bridgehead atoms. The molecular weight excluding hydrogens is 700 g/mol. The number of benzene rings is 4. The van der Waals surface area contributed by atoms with Crippen molar-refractivity contribution in [2.24, 2.45) is 0 Å². The summed E-state index contributed by atoms with van der Waals surface area (Å²) >= 11 is 0. The molecule has 0 spiro atoms. The number of aromatic hydroxyl groups is 7. The molecule has 0 saturated heterocycles. The van der Waals surface area contributed by atoms with E-state index < -0.39 is 94.8 Å². The standard InChI is InChI=1S/C37H32O16/c1-50-36(48)29(15-18-3-8-22(39)26(43)13-18)51-30(45)11-6-19-4-10-24(41)34-31(19)32(33(53-34)20-5-9-23(40)27(44)16-20)37(49)52-28(35(46)47)14-17-2-7-21(38)25(42)12-17/h2-13,16,28-29,32-33,38-44H,14-15H2,1H3,(H,46,47)/b11-6+. The highest BCUT2D eigenvalue weighted by molar-refractivity contribution is 5.92. The summed E-state index contributed by atoms with van der Waals surface area (Å²) in [6.45, 7) is 0. The lowest BCUT2D eigenvalue weighted by Crippen LogP contribution is -2.33. The number of carboxylic acid groups (broad SMARTS) is 1. The smallest absolute Gasteiger partial charge is 0.347 e. The third kappa shape index (κ3) is 8.28. The SMILES string of the molecule is COC(=O)C(Cc1ccc(O)c(O)c1)OC(=O)/C=C/c1ccc(O)c2c1C(C(=O)OC(Cc1ccc(O)c(O)c1)C(=O)O)C(c1ccc(O)c(O)c1)O2. The van der Waals surface area contributed by atoms with E-state index in [1.165, 1.54) is 48.5 Å². The van der Waals surface area contributed by atoms with Crippen molar-refractivity contribution in [1.29, 1.82) is 0 Å². The van der Waals surface area contributed by atoms with Gasteiger partial charge in [0.25, 0.3) is 0 Å². The number of hydrogen-bond acceptors (Lipinski definition) is 15. The Morgan fingerprint density at radius 3 is 1.79 bits per heavy atom. The van der Waals surface area contributed by atoms with Crippen LogP contribution in [-0.4, -0.2) is 84.0 Å². The average molecular weight is 733 g/mol. The Morgan fingerprint density at radius 1 is 0.698 bits per heavy atom. The van der Waals surface area contributed by atoms with Crippen LogP contribution in [0.2, 0.25) is 0 Å². The Balaban J connectivity index is 1.48. The van der Waals surface area contributed by atoms with E-state index in [2.05, 4.69) is 0 Å². The minimum Gasteiger partial charge on any atom is -0.504 e. The maximum Gasteiger partial charge on any atom is 0.347 e. The van der Waals surface area contributed by atoms with Gasteiger partial charge in [-0.15, -0.1) is 0 Å². The molecule has 1 aliphatic rings. The Labute approximate surface area is 299 Å². The number of fused-ring (bicyclic) bond motifs is 1. The molecule has 4 aromatic carbocycles. The van der Waals surface area contributed by atoms with Gasteiger partial charge in [-0.05, 0) is 70.8 Å². The first-order chi connectivity index (χ1) is 25.2. The first-order valence-electron chi connectivity index (χ1n) is 15.6. The minimum absolute atomic E-state index is 0.0629. The lowest BCUT2D eigenvalue weighted by Gasteiger charge is -2.22. The summed E-state index contributed by atoms with van der Waals surface area (Å²) in [5.41, 5.74) is 0.623. The van der Waals surface area contributed by atoms with E-state index >= 15 is 0 Å². The third-order valence-electron chi connectivity index (χ3n) is 8.23. The highest BCUT2D eigenvalue weighted by Crippen LogP contribution is 2.53. The van der Waals surface area contributed by atoms with Crippen LogP contribution in [0.15, 0.2) is 72.8 Å². The Morgan fingerprint density at radius 2 is 1.25 bits per heavy atom. The maximum atomic E-state index is 14.0. The lowest BCUT2D eigenvalue weighted by molar-refractivity contribution is -0.166. The molecule has 0 saturated carbocycles. The van der Waals surface area contributed by atoms with Crippen molar-refractivity contribution in [3.63, 3.8) is 0 Å². The van der Waals surface area contributed by atoms with Gasteiger partial charge < -0.3 is 59.8 Å². The number of ether oxygens (including phenoxy) is 4. The summed E-state index contributed by atoms with van der Waals surface area (Å²) in [5.74, 6) is -9.96. The van der Waals surface area contributed by atoms with Crippen molar-refractivity contribution in [1.82, 2.24) is 0 Å². The molecule has 16 heteroatoms. The van der Waals surface area contributed by atoms with Crippen LogP contribution in [0.4, 0.5) is 0 Å². The van der Waals surface area contributed by atoms with Crippen LogP contribution >= 0.6 is 0 Å². The van der Waals surface area contributed by atoms with E-state index in [1.807, 2.05) is 0 Å². The van der Waals surface area contributed by atoms with E-state index in [0.717, 1.165) is 37.5 Å². The lowest BCUT2D eigenvalue weighted by atomic mass is 9.87. The largest absolute Gasteiger partial charge is 0.504 e. The topological polar surface area (TPSA) is 267 Å². The molecule has 276 valence electrons. The van der Waals surface area contributed by atoms with Crippen LogP contribution in [0.3, 0.4) is 0 Å². The van der Waals surface area contributed by atoms with E-state index in [0.29, 0.717) is 5.56 Å². The van der Waals surface area contributed by atoms with E-state index in [1.54, 1.807) is 0 Å². The van der Waals surface area contributed by atoms with Gasteiger partial charge in [0, 0.05) is 24.5 Å². The van der Waals surface area contributed by atoms with Crippen LogP contribution in [0.5, 0.6) is 46.0 Å². The number of phenolic OH excluding ortho intramolecular Hbond substituents is 7. The summed E-state index contributed by atoms with van der Waals surface area (Å²) in [4.78, 5) is 51.7. The zero-order valence-electron chi connectivity index (χ0n) is 27.6. The summed E-state index contributed by atoms with van der Waals surface area (Å²) in [5, 5.41) is 79.8. The number of esters is 3. The van der Waals surface area contributed by atoms with Gasteiger partial charge in [-0.3, -0.25) is 4.79 Å². The fraction of sp³-hybridized carbons (Fsp3) is 0.189. The molecule has 0 aliphatic carbocycles. The fourth-order valence-electron chi connectivity index (χ4n) is 5.61. The molecular formula is C37H32O16. The van der Waals surface area contributed by atoms with Gasteiger partial charge in [-0.25, -0.2) is 14.4 Å². The van der Waals surface area contributed by atoms with E-state index in [4.69, 9.17) is 18.9 Å². The molecule has 8 N–H and O–H groups in total. The summed E-state index contributed by atoms with van der Waals surface area (Å²) in [7, 11) is 1.07. The molecule has 4 atom stereocenters. The van der Waals surface area contributed by atoms with Gasteiger partial charge in [0.2, 0.25) is 12.2 Å². The highest BCUT2D eigenvalue weighted by Gasteiger charge is 2.46. The van der Waals surface area contributed by atoms with Crippen molar-refractivity contribution in [3.8, 4) is 46.0 Å².